The van der Waals surface area contributed by atoms with Crippen LogP contribution in [0.5, 0.6) is 0 Å². The van der Waals surface area contributed by atoms with Gasteiger partial charge in [0, 0.05) is 26.2 Å². The molecule has 0 saturated heterocycles. The molecule has 120 valence electrons. The molecule has 0 spiro atoms. The van der Waals surface area contributed by atoms with Gasteiger partial charge in [-0.25, -0.2) is 0 Å². The van der Waals surface area contributed by atoms with Crippen molar-refractivity contribution in [2.75, 3.05) is 33.7 Å². The van der Waals surface area contributed by atoms with Crippen LogP contribution in [0.1, 0.15) is 46.0 Å². The van der Waals surface area contributed by atoms with Gasteiger partial charge in [0.1, 0.15) is 0 Å². The summed E-state index contributed by atoms with van der Waals surface area (Å²) in [5.74, 6) is 0.357. The van der Waals surface area contributed by atoms with E-state index < -0.39 is 10.2 Å². The number of hydrogen-bond donors (Lipinski definition) is 1. The minimum absolute atomic E-state index is 0.203. The van der Waals surface area contributed by atoms with Crippen LogP contribution < -0.4 is 5.32 Å². The summed E-state index contributed by atoms with van der Waals surface area (Å²) in [7, 11) is 0.268. The molecule has 0 aromatic carbocycles. The van der Waals surface area contributed by atoms with E-state index in [0.717, 1.165) is 38.6 Å². The first-order valence-electron chi connectivity index (χ1n) is 7.77. The van der Waals surface area contributed by atoms with Crippen molar-refractivity contribution in [3.8, 4) is 0 Å². The first-order valence-corrected chi connectivity index (χ1v) is 9.17. The Bertz CT molecular complexity index is 365. The average molecular weight is 305 g/mol. The molecule has 1 fully saturated rings. The van der Waals surface area contributed by atoms with Crippen molar-refractivity contribution in [3.63, 3.8) is 0 Å². The highest BCUT2D eigenvalue weighted by molar-refractivity contribution is 7.86. The molecule has 1 aliphatic rings. The van der Waals surface area contributed by atoms with Crippen LogP contribution >= 0.6 is 0 Å². The van der Waals surface area contributed by atoms with E-state index in [9.17, 15) is 8.42 Å². The van der Waals surface area contributed by atoms with Gasteiger partial charge in [0.2, 0.25) is 0 Å². The minimum Gasteiger partial charge on any atom is -0.320 e. The Labute approximate surface area is 124 Å². The Kier molecular flexibility index (Phi) is 7.43. The number of nitrogens with zero attached hydrogens (tertiary/aromatic N) is 2. The fourth-order valence-electron chi connectivity index (χ4n) is 2.76. The van der Waals surface area contributed by atoms with Gasteiger partial charge in [0.25, 0.3) is 10.2 Å². The minimum atomic E-state index is -3.32. The molecule has 0 atom stereocenters. The van der Waals surface area contributed by atoms with Gasteiger partial charge in [-0.15, -0.1) is 0 Å². The SMILES string of the molecule is CNCCCN(C)S(=O)(=O)N(CC(C)C)C1CCCC1. The van der Waals surface area contributed by atoms with E-state index >= 15 is 0 Å². The van der Waals surface area contributed by atoms with Crippen LogP contribution in [0, 0.1) is 5.92 Å². The Morgan fingerprint density at radius 3 is 2.35 bits per heavy atom. The van der Waals surface area contributed by atoms with Gasteiger partial charge in [-0.2, -0.15) is 17.0 Å². The highest BCUT2D eigenvalue weighted by atomic mass is 32.2. The average Bonchev–Trinajstić information content (AvgIpc) is 2.89. The van der Waals surface area contributed by atoms with Gasteiger partial charge in [0.05, 0.1) is 0 Å². The molecule has 0 unspecified atom stereocenters. The Morgan fingerprint density at radius 2 is 1.85 bits per heavy atom. The highest BCUT2D eigenvalue weighted by Gasteiger charge is 2.34. The molecule has 1 aliphatic carbocycles. The Hall–Kier alpha value is -0.170. The summed E-state index contributed by atoms with van der Waals surface area (Å²) in [6.07, 6.45) is 5.16. The number of nitrogens with one attached hydrogen (secondary N) is 1. The third-order valence-electron chi connectivity index (χ3n) is 3.87. The lowest BCUT2D eigenvalue weighted by Gasteiger charge is -2.33. The van der Waals surface area contributed by atoms with Gasteiger partial charge >= 0.3 is 0 Å². The third-order valence-corrected chi connectivity index (χ3v) is 5.88. The second kappa shape index (κ2) is 8.32. The summed E-state index contributed by atoms with van der Waals surface area (Å²) in [6, 6.07) is 0.203. The lowest BCUT2D eigenvalue weighted by atomic mass is 10.2. The van der Waals surface area contributed by atoms with Gasteiger partial charge in [0.15, 0.2) is 0 Å². The second-order valence-electron chi connectivity index (χ2n) is 6.19. The standard InChI is InChI=1S/C14H31N3O2S/c1-13(2)12-17(14-8-5-6-9-14)20(18,19)16(4)11-7-10-15-3/h13-15H,5-12H2,1-4H3. The zero-order chi connectivity index (χ0) is 15.2. The maximum absolute atomic E-state index is 12.8. The van der Waals surface area contributed by atoms with Crippen molar-refractivity contribution in [2.45, 2.75) is 52.0 Å². The van der Waals surface area contributed by atoms with E-state index in [0.29, 0.717) is 19.0 Å². The Balaban J connectivity index is 2.75. The first-order chi connectivity index (χ1) is 9.39. The van der Waals surface area contributed by atoms with Crippen molar-refractivity contribution >= 4 is 10.2 Å². The van der Waals surface area contributed by atoms with E-state index in [-0.39, 0.29) is 6.04 Å². The van der Waals surface area contributed by atoms with Gasteiger partial charge in [-0.3, -0.25) is 0 Å². The van der Waals surface area contributed by atoms with Crippen molar-refractivity contribution in [2.24, 2.45) is 5.92 Å². The first kappa shape index (κ1) is 17.9. The van der Waals surface area contributed by atoms with Crippen molar-refractivity contribution < 1.29 is 8.42 Å². The fourth-order valence-corrected chi connectivity index (χ4v) is 4.55. The van der Waals surface area contributed by atoms with Crippen LogP contribution in [-0.4, -0.2) is 56.8 Å². The molecule has 1 N–H and O–H groups in total. The van der Waals surface area contributed by atoms with Crippen LogP contribution in [-0.2, 0) is 10.2 Å². The van der Waals surface area contributed by atoms with E-state index in [1.54, 1.807) is 11.4 Å². The van der Waals surface area contributed by atoms with E-state index in [4.69, 9.17) is 0 Å². The summed E-state index contributed by atoms with van der Waals surface area (Å²) in [5.41, 5.74) is 0. The molecule has 0 aliphatic heterocycles. The molecule has 20 heavy (non-hydrogen) atoms. The lowest BCUT2D eigenvalue weighted by Crippen LogP contribution is -2.48. The van der Waals surface area contributed by atoms with Gasteiger partial charge in [-0.1, -0.05) is 26.7 Å². The molecule has 0 bridgehead atoms. The highest BCUT2D eigenvalue weighted by Crippen LogP contribution is 2.27. The summed E-state index contributed by atoms with van der Waals surface area (Å²) < 4.78 is 28.8. The van der Waals surface area contributed by atoms with Crippen LogP contribution in [0.4, 0.5) is 0 Å². The quantitative estimate of drug-likeness (QED) is 0.659. The summed E-state index contributed by atoms with van der Waals surface area (Å²) >= 11 is 0. The van der Waals surface area contributed by atoms with Gasteiger partial charge < -0.3 is 5.32 Å². The van der Waals surface area contributed by atoms with Crippen LogP contribution in [0.2, 0.25) is 0 Å². The van der Waals surface area contributed by atoms with Crippen LogP contribution in [0.15, 0.2) is 0 Å². The van der Waals surface area contributed by atoms with Crippen molar-refractivity contribution in [1.82, 2.24) is 13.9 Å². The molecule has 1 rings (SSSR count). The molecular weight excluding hydrogens is 274 g/mol. The number of hydrogen-bond acceptors (Lipinski definition) is 3. The number of rotatable bonds is 9. The molecule has 0 heterocycles. The predicted molar refractivity (Wildman–Crippen MR) is 83.9 cm³/mol. The van der Waals surface area contributed by atoms with E-state index in [1.165, 1.54) is 4.31 Å². The smallest absolute Gasteiger partial charge is 0.281 e. The zero-order valence-corrected chi connectivity index (χ0v) is 14.2. The molecular formula is C14H31N3O2S. The molecule has 0 amide bonds. The lowest BCUT2D eigenvalue weighted by molar-refractivity contribution is 0.269. The normalized spacial score (nSPS) is 17.8. The molecule has 0 aromatic heterocycles. The van der Waals surface area contributed by atoms with Crippen molar-refractivity contribution in [1.29, 1.82) is 0 Å². The molecule has 0 radical (unpaired) electrons. The van der Waals surface area contributed by atoms with E-state index in [2.05, 4.69) is 19.2 Å². The maximum Gasteiger partial charge on any atom is 0.281 e. The molecule has 1 saturated carbocycles. The predicted octanol–water partition coefficient (Wildman–Crippen LogP) is 1.67. The Morgan fingerprint density at radius 1 is 1.25 bits per heavy atom. The van der Waals surface area contributed by atoms with Gasteiger partial charge in [-0.05, 0) is 38.8 Å². The molecule has 5 nitrogen and oxygen atoms in total. The molecule has 0 aromatic rings. The molecule has 6 heteroatoms. The third kappa shape index (κ3) is 4.98. The van der Waals surface area contributed by atoms with Crippen LogP contribution in [0.3, 0.4) is 0 Å². The summed E-state index contributed by atoms with van der Waals surface area (Å²) in [6.45, 7) is 6.21. The maximum atomic E-state index is 12.8. The van der Waals surface area contributed by atoms with E-state index in [1.807, 2.05) is 7.05 Å². The largest absolute Gasteiger partial charge is 0.320 e. The summed E-state index contributed by atoms with van der Waals surface area (Å²) in [5, 5.41) is 3.06. The second-order valence-corrected chi connectivity index (χ2v) is 8.18. The zero-order valence-electron chi connectivity index (χ0n) is 13.4. The monoisotopic (exact) mass is 305 g/mol. The summed E-state index contributed by atoms with van der Waals surface area (Å²) in [4.78, 5) is 0. The van der Waals surface area contributed by atoms with Crippen LogP contribution in [0.25, 0.3) is 0 Å². The topological polar surface area (TPSA) is 52.7 Å². The van der Waals surface area contributed by atoms with Crippen molar-refractivity contribution in [3.05, 3.63) is 0 Å². The fraction of sp³-hybridized carbons (Fsp3) is 1.00.